The van der Waals surface area contributed by atoms with Gasteiger partial charge < -0.3 is 0 Å². The summed E-state index contributed by atoms with van der Waals surface area (Å²) in [7, 11) is -1.88. The summed E-state index contributed by atoms with van der Waals surface area (Å²) in [5.74, 6) is 0. The Balaban J connectivity index is 2.81. The SMILES string of the molecule is Cc1ccc2c(c1)C(=S)N(C)S2(=O)=O. The topological polar surface area (TPSA) is 37.4 Å². The van der Waals surface area contributed by atoms with E-state index < -0.39 is 10.0 Å². The molecule has 0 aromatic heterocycles. The van der Waals surface area contributed by atoms with Crippen LogP contribution in [-0.2, 0) is 10.0 Å². The van der Waals surface area contributed by atoms with E-state index in [4.69, 9.17) is 12.2 Å². The van der Waals surface area contributed by atoms with Gasteiger partial charge in [0.15, 0.2) is 0 Å². The van der Waals surface area contributed by atoms with Crippen LogP contribution in [0.1, 0.15) is 11.1 Å². The Morgan fingerprint density at radius 1 is 1.36 bits per heavy atom. The van der Waals surface area contributed by atoms with Gasteiger partial charge in [0.1, 0.15) is 4.99 Å². The van der Waals surface area contributed by atoms with Gasteiger partial charge in [-0.25, -0.2) is 8.42 Å². The molecule has 1 heterocycles. The molecule has 0 spiro atoms. The minimum atomic E-state index is -3.36. The summed E-state index contributed by atoms with van der Waals surface area (Å²) in [5.41, 5.74) is 1.65. The number of rotatable bonds is 0. The molecule has 0 radical (unpaired) electrons. The molecule has 0 saturated heterocycles. The summed E-state index contributed by atoms with van der Waals surface area (Å²) in [4.78, 5) is 0.694. The maximum absolute atomic E-state index is 11.7. The highest BCUT2D eigenvalue weighted by molar-refractivity contribution is 7.92. The number of hydrogen-bond donors (Lipinski definition) is 0. The maximum Gasteiger partial charge on any atom is 0.265 e. The Morgan fingerprint density at radius 3 is 2.64 bits per heavy atom. The molecule has 0 unspecified atom stereocenters. The Morgan fingerprint density at radius 2 is 2.00 bits per heavy atom. The Labute approximate surface area is 88.4 Å². The fraction of sp³-hybridized carbons (Fsp3) is 0.222. The van der Waals surface area contributed by atoms with Gasteiger partial charge in [-0.2, -0.15) is 0 Å². The van der Waals surface area contributed by atoms with Crippen LogP contribution in [0.5, 0.6) is 0 Å². The lowest BCUT2D eigenvalue weighted by molar-refractivity contribution is 0.561. The molecule has 1 aromatic carbocycles. The summed E-state index contributed by atoms with van der Waals surface area (Å²) in [5, 5.41) is 0. The average Bonchev–Trinajstić information content (AvgIpc) is 2.28. The molecule has 0 saturated carbocycles. The summed E-state index contributed by atoms with van der Waals surface area (Å²) in [6.45, 7) is 1.91. The van der Waals surface area contributed by atoms with Crippen LogP contribution in [0.25, 0.3) is 0 Å². The van der Waals surface area contributed by atoms with Crippen molar-refractivity contribution in [2.24, 2.45) is 0 Å². The lowest BCUT2D eigenvalue weighted by atomic mass is 10.1. The fourth-order valence-electron chi connectivity index (χ4n) is 1.46. The first-order valence-electron chi connectivity index (χ1n) is 4.08. The van der Waals surface area contributed by atoms with Crippen LogP contribution >= 0.6 is 12.2 Å². The number of benzene rings is 1. The van der Waals surface area contributed by atoms with E-state index in [9.17, 15) is 8.42 Å². The van der Waals surface area contributed by atoms with Gasteiger partial charge >= 0.3 is 0 Å². The number of fused-ring (bicyclic) bond motifs is 1. The molecule has 74 valence electrons. The molecule has 0 fully saturated rings. The highest BCUT2D eigenvalue weighted by Gasteiger charge is 2.35. The minimum Gasteiger partial charge on any atom is -0.259 e. The lowest BCUT2D eigenvalue weighted by Crippen LogP contribution is -2.24. The smallest absolute Gasteiger partial charge is 0.259 e. The van der Waals surface area contributed by atoms with Gasteiger partial charge in [-0.3, -0.25) is 4.31 Å². The van der Waals surface area contributed by atoms with E-state index in [0.717, 1.165) is 9.87 Å². The van der Waals surface area contributed by atoms with E-state index in [-0.39, 0.29) is 0 Å². The van der Waals surface area contributed by atoms with Crippen LogP contribution < -0.4 is 0 Å². The second-order valence-corrected chi connectivity index (χ2v) is 5.60. The third-order valence-corrected chi connectivity index (χ3v) is 4.71. The number of sulfonamides is 1. The summed E-state index contributed by atoms with van der Waals surface area (Å²) in [6, 6.07) is 5.19. The first kappa shape index (κ1) is 9.61. The van der Waals surface area contributed by atoms with Crippen LogP contribution in [-0.4, -0.2) is 24.8 Å². The third kappa shape index (κ3) is 1.09. The number of aryl methyl sites for hydroxylation is 1. The molecular weight excluding hydrogens is 218 g/mol. The Hall–Kier alpha value is -0.940. The first-order valence-corrected chi connectivity index (χ1v) is 5.93. The predicted molar refractivity (Wildman–Crippen MR) is 57.8 cm³/mol. The predicted octanol–water partition coefficient (Wildman–Crippen LogP) is 1.30. The van der Waals surface area contributed by atoms with Crippen molar-refractivity contribution in [1.29, 1.82) is 0 Å². The zero-order valence-corrected chi connectivity index (χ0v) is 9.45. The van der Waals surface area contributed by atoms with Gasteiger partial charge in [-0.05, 0) is 19.1 Å². The monoisotopic (exact) mass is 227 g/mol. The summed E-state index contributed by atoms with van der Waals surface area (Å²) >= 11 is 5.05. The van der Waals surface area contributed by atoms with E-state index in [1.807, 2.05) is 6.92 Å². The van der Waals surface area contributed by atoms with Crippen LogP contribution in [0.4, 0.5) is 0 Å². The van der Waals surface area contributed by atoms with E-state index >= 15 is 0 Å². The van der Waals surface area contributed by atoms with Crippen LogP contribution in [0, 0.1) is 6.92 Å². The van der Waals surface area contributed by atoms with Crippen molar-refractivity contribution < 1.29 is 8.42 Å². The first-order chi connectivity index (χ1) is 6.44. The second-order valence-electron chi connectivity index (χ2n) is 3.28. The fourth-order valence-corrected chi connectivity index (χ4v) is 3.28. The molecule has 0 bridgehead atoms. The van der Waals surface area contributed by atoms with Crippen molar-refractivity contribution in [3.8, 4) is 0 Å². The molecule has 1 aliphatic rings. The van der Waals surface area contributed by atoms with E-state index in [0.29, 0.717) is 15.4 Å². The van der Waals surface area contributed by atoms with E-state index in [2.05, 4.69) is 0 Å². The number of hydrogen-bond acceptors (Lipinski definition) is 3. The Kier molecular flexibility index (Phi) is 1.90. The zero-order valence-electron chi connectivity index (χ0n) is 7.81. The van der Waals surface area contributed by atoms with Crippen LogP contribution in [0.2, 0.25) is 0 Å². The second kappa shape index (κ2) is 2.77. The molecular formula is C9H9NO2S2. The lowest BCUT2D eigenvalue weighted by Gasteiger charge is -2.08. The number of nitrogens with zero attached hydrogens (tertiary/aromatic N) is 1. The van der Waals surface area contributed by atoms with Gasteiger partial charge in [-0.15, -0.1) is 0 Å². The van der Waals surface area contributed by atoms with Gasteiger partial charge in [-0.1, -0.05) is 23.8 Å². The number of thiocarbonyl (C=S) groups is 1. The molecule has 1 aliphatic heterocycles. The van der Waals surface area contributed by atoms with Gasteiger partial charge in [0.25, 0.3) is 10.0 Å². The van der Waals surface area contributed by atoms with Crippen LogP contribution in [0.15, 0.2) is 23.1 Å². The summed E-state index contributed by atoms with van der Waals surface area (Å²) in [6.07, 6.45) is 0. The van der Waals surface area contributed by atoms with E-state index in [1.165, 1.54) is 7.05 Å². The maximum atomic E-state index is 11.7. The molecule has 3 nitrogen and oxygen atoms in total. The van der Waals surface area contributed by atoms with Crippen molar-refractivity contribution in [2.45, 2.75) is 11.8 Å². The zero-order chi connectivity index (χ0) is 10.5. The standard InChI is InChI=1S/C9H9NO2S2/c1-6-3-4-8-7(5-6)9(13)10(2)14(8,11)12/h3-5H,1-2H3. The highest BCUT2D eigenvalue weighted by atomic mass is 32.2. The van der Waals surface area contributed by atoms with Crippen molar-refractivity contribution in [1.82, 2.24) is 4.31 Å². The molecule has 14 heavy (non-hydrogen) atoms. The molecule has 0 aliphatic carbocycles. The van der Waals surface area contributed by atoms with Gasteiger partial charge in [0.2, 0.25) is 0 Å². The van der Waals surface area contributed by atoms with Crippen molar-refractivity contribution >= 4 is 27.2 Å². The average molecular weight is 227 g/mol. The largest absolute Gasteiger partial charge is 0.265 e. The quantitative estimate of drug-likeness (QED) is 0.627. The summed E-state index contributed by atoms with van der Waals surface area (Å²) < 4.78 is 24.6. The molecule has 2 rings (SSSR count). The highest BCUT2D eigenvalue weighted by Crippen LogP contribution is 2.29. The van der Waals surface area contributed by atoms with Crippen molar-refractivity contribution in [3.05, 3.63) is 29.3 Å². The minimum absolute atomic E-state index is 0.315. The third-order valence-electron chi connectivity index (χ3n) is 2.29. The van der Waals surface area contributed by atoms with Crippen molar-refractivity contribution in [3.63, 3.8) is 0 Å². The Bertz CT molecular complexity index is 520. The molecule has 0 amide bonds. The molecule has 1 aromatic rings. The molecule has 0 atom stereocenters. The van der Waals surface area contributed by atoms with E-state index in [1.54, 1.807) is 18.2 Å². The molecule has 0 N–H and O–H groups in total. The van der Waals surface area contributed by atoms with Gasteiger partial charge in [0, 0.05) is 12.6 Å². The van der Waals surface area contributed by atoms with Crippen molar-refractivity contribution in [2.75, 3.05) is 7.05 Å². The molecule has 5 heteroatoms. The van der Waals surface area contributed by atoms with Crippen LogP contribution in [0.3, 0.4) is 0 Å². The normalized spacial score (nSPS) is 18.4. The van der Waals surface area contributed by atoms with Gasteiger partial charge in [0.05, 0.1) is 4.90 Å².